The fourth-order valence-corrected chi connectivity index (χ4v) is 0.383. The van der Waals surface area contributed by atoms with Crippen molar-refractivity contribution in [1.29, 1.82) is 0 Å². The summed E-state index contributed by atoms with van der Waals surface area (Å²) >= 11 is 0. The number of carboxylic acids is 1. The third-order valence-corrected chi connectivity index (χ3v) is 0.686. The molecule has 0 fully saturated rings. The van der Waals surface area contributed by atoms with Crippen LogP contribution in [0.4, 0.5) is 0 Å². The highest BCUT2D eigenvalue weighted by atomic mass is 16.4. The molecule has 0 spiro atoms. The van der Waals surface area contributed by atoms with E-state index in [1.165, 1.54) is 12.3 Å². The smallest absolute Gasteiger partial charge is 0.325 e. The Morgan fingerprint density at radius 1 is 1.50 bits per heavy atom. The first-order chi connectivity index (χ1) is 5.52. The first-order valence-electron chi connectivity index (χ1n) is 3.00. The van der Waals surface area contributed by atoms with Gasteiger partial charge in [0.25, 0.3) is 11.5 Å². The molecule has 0 aliphatic carbocycles. The van der Waals surface area contributed by atoms with Crippen LogP contribution in [0.15, 0.2) is 21.9 Å². The Bertz CT molecular complexity index is 322. The maximum atomic E-state index is 10.2. The van der Waals surface area contributed by atoms with Crippen LogP contribution < -0.4 is 11.2 Å². The van der Waals surface area contributed by atoms with Gasteiger partial charge in [-0.1, -0.05) is 0 Å². The van der Waals surface area contributed by atoms with E-state index in [0.29, 0.717) is 0 Å². The quantitative estimate of drug-likeness (QED) is 0.474. The average molecular weight is 172 g/mol. The predicted octanol–water partition coefficient (Wildman–Crippen LogP) is -0.846. The van der Waals surface area contributed by atoms with Gasteiger partial charge in [0.05, 0.1) is 0 Å². The van der Waals surface area contributed by atoms with Crippen LogP contribution in [-0.2, 0) is 4.79 Å². The lowest BCUT2D eigenvalue weighted by atomic mass is 10.7. The Kier molecular flexibility index (Phi) is 4.13. The van der Waals surface area contributed by atoms with Crippen molar-refractivity contribution in [2.24, 2.45) is 0 Å². The van der Waals surface area contributed by atoms with Crippen LogP contribution in [0.2, 0.25) is 0 Å². The summed E-state index contributed by atoms with van der Waals surface area (Å²) < 4.78 is 0. The number of rotatable bonds is 0. The predicted molar refractivity (Wildman–Crippen MR) is 41.0 cm³/mol. The van der Waals surface area contributed by atoms with E-state index in [-0.39, 0.29) is 5.56 Å². The zero-order chi connectivity index (χ0) is 9.56. The Labute approximate surface area is 66.9 Å². The number of hydrogen-bond donors (Lipinski definition) is 3. The molecule has 3 N–H and O–H groups in total. The van der Waals surface area contributed by atoms with Crippen molar-refractivity contribution in [1.82, 2.24) is 9.97 Å². The molecule has 0 atom stereocenters. The van der Waals surface area contributed by atoms with Gasteiger partial charge in [-0.15, -0.1) is 0 Å². The molecule has 0 radical (unpaired) electrons. The lowest BCUT2D eigenvalue weighted by Gasteiger charge is -1.75. The van der Waals surface area contributed by atoms with E-state index in [1.54, 1.807) is 0 Å². The molecule has 0 unspecified atom stereocenters. The van der Waals surface area contributed by atoms with Crippen molar-refractivity contribution in [2.45, 2.75) is 6.92 Å². The fourth-order valence-electron chi connectivity index (χ4n) is 0.383. The maximum Gasteiger partial charge on any atom is 0.325 e. The second kappa shape index (κ2) is 4.89. The van der Waals surface area contributed by atoms with Crippen molar-refractivity contribution >= 4 is 5.97 Å². The van der Waals surface area contributed by atoms with Crippen molar-refractivity contribution in [3.05, 3.63) is 33.1 Å². The molecule has 1 aromatic rings. The topological polar surface area (TPSA) is 103 Å². The monoisotopic (exact) mass is 172 g/mol. The highest BCUT2D eigenvalue weighted by Gasteiger charge is 1.77. The Morgan fingerprint density at radius 2 is 2.00 bits per heavy atom. The number of hydrogen-bond acceptors (Lipinski definition) is 3. The summed E-state index contributed by atoms with van der Waals surface area (Å²) in [4.78, 5) is 33.7. The summed E-state index contributed by atoms with van der Waals surface area (Å²) in [5.74, 6) is -0.833. The second-order valence-electron chi connectivity index (χ2n) is 1.82. The molecule has 0 amide bonds. The van der Waals surface area contributed by atoms with E-state index < -0.39 is 11.7 Å². The molecule has 0 bridgehead atoms. The molecule has 0 aromatic carbocycles. The van der Waals surface area contributed by atoms with Gasteiger partial charge in [-0.3, -0.25) is 14.6 Å². The molecule has 6 heteroatoms. The summed E-state index contributed by atoms with van der Waals surface area (Å²) in [5, 5.41) is 7.42. The molecule has 12 heavy (non-hydrogen) atoms. The van der Waals surface area contributed by atoms with Crippen LogP contribution in [0.25, 0.3) is 0 Å². The molecule has 0 saturated heterocycles. The zero-order valence-electron chi connectivity index (χ0n) is 6.33. The van der Waals surface area contributed by atoms with Crippen LogP contribution >= 0.6 is 0 Å². The normalized spacial score (nSPS) is 8.08. The molecule has 0 saturated carbocycles. The standard InChI is InChI=1S/C4H4N2O2.C2H4O2/c7-3-1-2-5-4(8)6-3;1-2(3)4/h1-2H,(H2,5,6,7,8);1H3,(H,3,4). The highest BCUT2D eigenvalue weighted by Crippen LogP contribution is 1.51. The second-order valence-corrected chi connectivity index (χ2v) is 1.82. The minimum absolute atomic E-state index is 0.381. The van der Waals surface area contributed by atoms with Gasteiger partial charge < -0.3 is 10.1 Å². The van der Waals surface area contributed by atoms with E-state index >= 15 is 0 Å². The molecule has 66 valence electrons. The van der Waals surface area contributed by atoms with Crippen molar-refractivity contribution in [3.63, 3.8) is 0 Å². The first-order valence-corrected chi connectivity index (χ1v) is 3.00. The van der Waals surface area contributed by atoms with Crippen molar-refractivity contribution < 1.29 is 9.90 Å². The number of aliphatic carboxylic acids is 1. The van der Waals surface area contributed by atoms with Gasteiger partial charge in [0.15, 0.2) is 0 Å². The van der Waals surface area contributed by atoms with Gasteiger partial charge in [-0.05, 0) is 0 Å². The van der Waals surface area contributed by atoms with E-state index in [4.69, 9.17) is 9.90 Å². The Balaban J connectivity index is 0.000000261. The third kappa shape index (κ3) is 6.27. The number of nitrogens with one attached hydrogen (secondary N) is 2. The molecular formula is C6H8N2O4. The number of aromatic amines is 2. The molecule has 1 heterocycles. The van der Waals surface area contributed by atoms with Crippen molar-refractivity contribution in [3.8, 4) is 0 Å². The summed E-state index contributed by atoms with van der Waals surface area (Å²) in [6.45, 7) is 1.08. The van der Waals surface area contributed by atoms with Crippen LogP contribution in [0.3, 0.4) is 0 Å². The SMILES string of the molecule is CC(=O)O.O=c1cc[nH]c(=O)[nH]1. The minimum Gasteiger partial charge on any atom is -0.481 e. The average Bonchev–Trinajstić information content (AvgIpc) is 1.84. The molecule has 0 aliphatic rings. The number of carboxylic acid groups (broad SMARTS) is 1. The molecule has 6 nitrogen and oxygen atoms in total. The van der Waals surface area contributed by atoms with E-state index in [0.717, 1.165) is 6.92 Å². The van der Waals surface area contributed by atoms with E-state index in [2.05, 4.69) is 4.98 Å². The lowest BCUT2D eigenvalue weighted by molar-refractivity contribution is -0.134. The van der Waals surface area contributed by atoms with Crippen LogP contribution in [0.5, 0.6) is 0 Å². The van der Waals surface area contributed by atoms with Gasteiger partial charge in [0.1, 0.15) is 0 Å². The highest BCUT2D eigenvalue weighted by molar-refractivity contribution is 5.62. The minimum atomic E-state index is -0.833. The van der Waals surface area contributed by atoms with Crippen molar-refractivity contribution in [2.75, 3.05) is 0 Å². The van der Waals surface area contributed by atoms with Crippen LogP contribution in [0.1, 0.15) is 6.92 Å². The molecular weight excluding hydrogens is 164 g/mol. The fraction of sp³-hybridized carbons (Fsp3) is 0.167. The maximum absolute atomic E-state index is 10.2. The number of aromatic nitrogens is 2. The summed E-state index contributed by atoms with van der Waals surface area (Å²) in [6, 6.07) is 1.24. The summed E-state index contributed by atoms with van der Waals surface area (Å²) in [5.41, 5.74) is -0.855. The first kappa shape index (κ1) is 10.2. The van der Waals surface area contributed by atoms with Crippen LogP contribution in [-0.4, -0.2) is 21.0 Å². The van der Waals surface area contributed by atoms with Gasteiger partial charge >= 0.3 is 5.69 Å². The lowest BCUT2D eigenvalue weighted by Crippen LogP contribution is -2.19. The van der Waals surface area contributed by atoms with Gasteiger partial charge in [-0.2, -0.15) is 0 Å². The van der Waals surface area contributed by atoms with Gasteiger partial charge in [0, 0.05) is 19.2 Å². The van der Waals surface area contributed by atoms with Gasteiger partial charge in [0.2, 0.25) is 0 Å². The Hall–Kier alpha value is -1.85. The van der Waals surface area contributed by atoms with Gasteiger partial charge in [-0.25, -0.2) is 4.79 Å². The number of carbonyl (C=O) groups is 1. The zero-order valence-corrected chi connectivity index (χ0v) is 6.33. The third-order valence-electron chi connectivity index (χ3n) is 0.686. The van der Waals surface area contributed by atoms with Crippen LogP contribution in [0, 0.1) is 0 Å². The summed E-state index contributed by atoms with van der Waals surface area (Å²) in [6.07, 6.45) is 1.29. The van der Waals surface area contributed by atoms with E-state index in [1.807, 2.05) is 4.98 Å². The molecule has 0 aliphatic heterocycles. The molecule has 1 aromatic heterocycles. The number of H-pyrrole nitrogens is 2. The molecule has 1 rings (SSSR count). The van der Waals surface area contributed by atoms with E-state index in [9.17, 15) is 9.59 Å². The summed E-state index contributed by atoms with van der Waals surface area (Å²) in [7, 11) is 0. The largest absolute Gasteiger partial charge is 0.481 e. The Morgan fingerprint density at radius 3 is 2.25 bits per heavy atom.